The second-order valence-electron chi connectivity index (χ2n) is 6.57. The monoisotopic (exact) mass is 370 g/mol. The molecule has 0 fully saturated rings. The first-order chi connectivity index (χ1) is 8.41. The van der Waals surface area contributed by atoms with Crippen LogP contribution >= 0.6 is 0 Å². The van der Waals surface area contributed by atoms with E-state index in [2.05, 4.69) is 32.7 Å². The van der Waals surface area contributed by atoms with E-state index in [4.69, 9.17) is 14.3 Å². The van der Waals surface area contributed by atoms with Gasteiger partial charge < -0.3 is 14.3 Å². The van der Waals surface area contributed by atoms with Crippen LogP contribution in [0.5, 0.6) is 0 Å². The number of aliphatic carboxylic acids is 2. The van der Waals surface area contributed by atoms with Crippen LogP contribution < -0.4 is 0 Å². The summed E-state index contributed by atoms with van der Waals surface area (Å²) in [4.78, 5) is 21.5. The minimum absolute atomic E-state index is 0. The Morgan fingerprint density at radius 1 is 0.870 bits per heavy atom. The Bertz CT molecular complexity index is 309. The Labute approximate surface area is 146 Å². The Morgan fingerprint density at radius 2 is 1.22 bits per heavy atom. The quantitative estimate of drug-likeness (QED) is 0.520. The molecule has 0 unspecified atom stereocenters. The maximum absolute atomic E-state index is 10.7. The van der Waals surface area contributed by atoms with E-state index in [1.807, 2.05) is 0 Å². The summed E-state index contributed by atoms with van der Waals surface area (Å²) in [6.45, 7) is 10.6. The van der Waals surface area contributed by atoms with Gasteiger partial charge in [0.05, 0.1) is 0 Å². The molecule has 0 aliphatic heterocycles. The van der Waals surface area contributed by atoms with Gasteiger partial charge in [0.2, 0.25) is 0 Å². The maximum Gasteiger partial charge on any atom is 0.303 e. The first-order valence-electron chi connectivity index (χ1n) is 6.55. The third-order valence-corrected chi connectivity index (χ3v) is 8.82. The lowest BCUT2D eigenvalue weighted by Gasteiger charge is -2.32. The van der Waals surface area contributed by atoms with Gasteiger partial charge in [-0.3, -0.25) is 9.59 Å². The zero-order valence-electron chi connectivity index (χ0n) is 12.5. The van der Waals surface area contributed by atoms with Crippen molar-refractivity contribution in [3.63, 3.8) is 0 Å². The lowest BCUT2D eigenvalue weighted by Crippen LogP contribution is -2.42. The highest BCUT2D eigenvalue weighted by Crippen LogP contribution is 2.25. The molecule has 5 nitrogen and oxygen atoms in total. The fourth-order valence-corrected chi connectivity index (χ4v) is 10.3. The summed E-state index contributed by atoms with van der Waals surface area (Å²) in [5.41, 5.74) is 0. The van der Waals surface area contributed by atoms with E-state index < -0.39 is 28.6 Å². The zero-order chi connectivity index (χ0) is 15.3. The van der Waals surface area contributed by atoms with E-state index >= 15 is 0 Å². The fraction of sp³-hybridized carbons (Fsp3) is 0.875. The molecule has 7 heteroatoms. The Kier molecular flexibility index (Phi) is 20.2. The van der Waals surface area contributed by atoms with E-state index in [0.717, 1.165) is 6.04 Å². The van der Waals surface area contributed by atoms with Gasteiger partial charge in [0.1, 0.15) is 0 Å². The summed E-state index contributed by atoms with van der Waals surface area (Å²) in [7, 11) is -3.43. The molecule has 23 heavy (non-hydrogen) atoms. The molecule has 144 valence electrons. The van der Waals surface area contributed by atoms with Crippen molar-refractivity contribution in [3.8, 4) is 0 Å². The molecule has 2 N–H and O–H groups in total. The summed E-state index contributed by atoms with van der Waals surface area (Å²) < 4.78 is 6.17. The molecule has 0 aromatic carbocycles. The smallest absolute Gasteiger partial charge is 0.303 e. The van der Waals surface area contributed by atoms with E-state index in [1.165, 1.54) is 0 Å². The predicted octanol–water partition coefficient (Wildman–Crippen LogP) is 5.54. The molecule has 0 saturated carbocycles. The van der Waals surface area contributed by atoms with Gasteiger partial charge in [-0.2, -0.15) is 0 Å². The van der Waals surface area contributed by atoms with Gasteiger partial charge in [-0.05, 0) is 51.1 Å². The van der Waals surface area contributed by atoms with Crippen LogP contribution in [0.1, 0.15) is 49.0 Å². The van der Waals surface area contributed by atoms with Crippen LogP contribution in [0.4, 0.5) is 0 Å². The normalized spacial score (nSPS) is 10.5. The molecule has 0 heterocycles. The third-order valence-electron chi connectivity index (χ3n) is 2.66. The van der Waals surface area contributed by atoms with E-state index in [9.17, 15) is 9.59 Å². The minimum Gasteiger partial charge on any atom is -0.481 e. The summed E-state index contributed by atoms with van der Waals surface area (Å²) in [6, 6.07) is 0.808. The van der Waals surface area contributed by atoms with Crippen LogP contribution in [0.2, 0.25) is 38.8 Å². The highest BCUT2D eigenvalue weighted by atomic mass is 28.4. The number of hydrogen-bond donors (Lipinski definition) is 2. The highest BCUT2D eigenvalue weighted by Gasteiger charge is 2.30. The highest BCUT2D eigenvalue weighted by molar-refractivity contribution is 6.84. The van der Waals surface area contributed by atoms with Crippen molar-refractivity contribution in [1.82, 2.24) is 0 Å². The zero-order valence-corrected chi connectivity index (χ0v) is 14.5. The van der Waals surface area contributed by atoms with Crippen LogP contribution in [-0.2, 0) is 13.7 Å². The van der Waals surface area contributed by atoms with Gasteiger partial charge in [0, 0.05) is 12.8 Å². The lowest BCUT2D eigenvalue weighted by atomic mass is 9.99. The van der Waals surface area contributed by atoms with Crippen LogP contribution in [0.25, 0.3) is 0 Å². The Balaban J connectivity index is -0.000000270. The SMILES string of the molecule is C.C.C.C.C[Si](C)(C)O[Si](C)(C)CCC(CC(=O)O)CC(=O)O. The van der Waals surface area contributed by atoms with Crippen LogP contribution in [0.3, 0.4) is 0 Å². The third kappa shape index (κ3) is 21.3. The van der Waals surface area contributed by atoms with Crippen LogP contribution in [-0.4, -0.2) is 38.8 Å². The average molecular weight is 371 g/mol. The molecule has 0 amide bonds. The van der Waals surface area contributed by atoms with Crippen molar-refractivity contribution in [2.75, 3.05) is 0 Å². The molecule has 0 saturated heterocycles. The molecular formula is C16H42O5Si2. The van der Waals surface area contributed by atoms with Gasteiger partial charge in [0.25, 0.3) is 0 Å². The van der Waals surface area contributed by atoms with Crippen LogP contribution in [0, 0.1) is 5.92 Å². The standard InChI is InChI=1S/C12H26O5Si2.4CH4/c1-18(2,3)17-19(4,5)7-6-10(8-11(13)14)9-12(15)16;;;;/h10H,6-9H2,1-5H3,(H,13,14)(H,15,16);4*1H4. The van der Waals surface area contributed by atoms with Crippen molar-refractivity contribution >= 4 is 28.6 Å². The Hall–Kier alpha value is -0.666. The Morgan fingerprint density at radius 3 is 1.48 bits per heavy atom. The average Bonchev–Trinajstić information content (AvgIpc) is 2.08. The fourth-order valence-electron chi connectivity index (χ4n) is 2.20. The van der Waals surface area contributed by atoms with Gasteiger partial charge in [-0.25, -0.2) is 0 Å². The predicted molar refractivity (Wildman–Crippen MR) is 106 cm³/mol. The summed E-state index contributed by atoms with van der Waals surface area (Å²) in [5.74, 6) is -2.17. The minimum atomic E-state index is -1.83. The summed E-state index contributed by atoms with van der Waals surface area (Å²) in [5, 5.41) is 17.6. The largest absolute Gasteiger partial charge is 0.481 e. The number of carbonyl (C=O) groups is 2. The first-order valence-corrected chi connectivity index (χ1v) is 13.1. The second kappa shape index (κ2) is 13.7. The maximum atomic E-state index is 10.7. The van der Waals surface area contributed by atoms with Gasteiger partial charge in [-0.15, -0.1) is 0 Å². The second-order valence-corrected chi connectivity index (χ2v) is 15.6. The number of carboxylic acid groups (broad SMARTS) is 2. The molecule has 0 rings (SSSR count). The molecule has 0 spiro atoms. The van der Waals surface area contributed by atoms with E-state index in [1.54, 1.807) is 0 Å². The molecule has 0 aliphatic rings. The first kappa shape index (κ1) is 33.8. The summed E-state index contributed by atoms with van der Waals surface area (Å²) in [6.07, 6.45) is 0.454. The van der Waals surface area contributed by atoms with Crippen molar-refractivity contribution in [2.45, 2.75) is 87.7 Å². The molecule has 0 bridgehead atoms. The molecule has 0 aromatic rings. The molecule has 0 aromatic heterocycles. The molecule has 0 atom stereocenters. The molecule has 0 radical (unpaired) electrons. The van der Waals surface area contributed by atoms with Crippen molar-refractivity contribution in [2.24, 2.45) is 5.92 Å². The number of hydrogen-bond acceptors (Lipinski definition) is 3. The van der Waals surface area contributed by atoms with E-state index in [-0.39, 0.29) is 48.5 Å². The van der Waals surface area contributed by atoms with Gasteiger partial charge >= 0.3 is 11.9 Å². The molecule has 0 aliphatic carbocycles. The topological polar surface area (TPSA) is 83.8 Å². The van der Waals surface area contributed by atoms with Crippen LogP contribution in [0.15, 0.2) is 0 Å². The van der Waals surface area contributed by atoms with Gasteiger partial charge in [0.15, 0.2) is 16.6 Å². The van der Waals surface area contributed by atoms with E-state index in [0.29, 0.717) is 6.42 Å². The van der Waals surface area contributed by atoms with Crippen molar-refractivity contribution < 1.29 is 23.9 Å². The van der Waals surface area contributed by atoms with Crippen molar-refractivity contribution in [3.05, 3.63) is 0 Å². The summed E-state index contributed by atoms with van der Waals surface area (Å²) >= 11 is 0. The lowest BCUT2D eigenvalue weighted by molar-refractivity contribution is -0.140. The number of rotatable bonds is 9. The van der Waals surface area contributed by atoms with Crippen molar-refractivity contribution in [1.29, 1.82) is 0 Å². The van der Waals surface area contributed by atoms with Gasteiger partial charge in [-0.1, -0.05) is 29.7 Å². The number of carboxylic acids is 2. The molecular weight excluding hydrogens is 328 g/mol.